The van der Waals surface area contributed by atoms with Gasteiger partial charge in [0.15, 0.2) is 0 Å². The third-order valence-electron chi connectivity index (χ3n) is 2.84. The Bertz CT molecular complexity index is 535. The molecule has 0 spiro atoms. The summed E-state index contributed by atoms with van der Waals surface area (Å²) >= 11 is 5.97. The third-order valence-corrected chi connectivity index (χ3v) is 3.07. The molecule has 0 atom stereocenters. The first-order valence-corrected chi connectivity index (χ1v) is 7.04. The number of halogens is 3. The molecule has 0 aliphatic carbocycles. The molecule has 0 aliphatic rings. The van der Waals surface area contributed by atoms with E-state index in [4.69, 9.17) is 21.1 Å². The van der Waals surface area contributed by atoms with Gasteiger partial charge in [0, 0.05) is 30.2 Å². The van der Waals surface area contributed by atoms with Crippen molar-refractivity contribution >= 4 is 36.4 Å². The molecule has 0 saturated heterocycles. The van der Waals surface area contributed by atoms with E-state index in [2.05, 4.69) is 10.6 Å². The van der Waals surface area contributed by atoms with Crippen molar-refractivity contribution in [3.05, 3.63) is 47.2 Å². The van der Waals surface area contributed by atoms with Gasteiger partial charge in [-0.25, -0.2) is 0 Å². The average Bonchev–Trinajstić information content (AvgIpc) is 2.91. The second kappa shape index (κ2) is 11.8. The highest BCUT2D eigenvalue weighted by Gasteiger charge is 2.04. The predicted molar refractivity (Wildman–Crippen MR) is 95.3 cm³/mol. The maximum Gasteiger partial charge on any atom is 0.134 e. The molecular weight excluding hydrogens is 347 g/mol. The van der Waals surface area contributed by atoms with E-state index < -0.39 is 0 Å². The Kier molecular flexibility index (Phi) is 11.4. The molecule has 1 aromatic carbocycles. The third kappa shape index (κ3) is 7.01. The number of aliphatic hydroxyl groups is 1. The van der Waals surface area contributed by atoms with E-state index in [0.717, 1.165) is 30.2 Å². The number of rotatable bonds is 8. The van der Waals surface area contributed by atoms with Crippen molar-refractivity contribution in [3.63, 3.8) is 0 Å². The molecule has 22 heavy (non-hydrogen) atoms. The smallest absolute Gasteiger partial charge is 0.134 e. The normalized spacial score (nSPS) is 9.91. The number of furan rings is 1. The minimum Gasteiger partial charge on any atom is -0.460 e. The zero-order chi connectivity index (χ0) is 14.2. The monoisotopic (exact) mass is 366 g/mol. The summed E-state index contributed by atoms with van der Waals surface area (Å²) in [5.74, 6) is 1.71. The summed E-state index contributed by atoms with van der Waals surface area (Å²) in [5, 5.41) is 15.7. The van der Waals surface area contributed by atoms with Crippen LogP contribution in [0, 0.1) is 0 Å². The van der Waals surface area contributed by atoms with Gasteiger partial charge in [-0.1, -0.05) is 23.7 Å². The Hall–Kier alpha value is -0.750. The first kappa shape index (κ1) is 21.2. The molecule has 0 amide bonds. The van der Waals surface area contributed by atoms with Gasteiger partial charge in [0.25, 0.3) is 0 Å². The van der Waals surface area contributed by atoms with Crippen molar-refractivity contribution in [3.8, 4) is 11.3 Å². The summed E-state index contributed by atoms with van der Waals surface area (Å²) in [7, 11) is 0. The highest BCUT2D eigenvalue weighted by molar-refractivity contribution is 6.30. The van der Waals surface area contributed by atoms with Crippen LogP contribution in [-0.2, 0) is 6.54 Å². The number of nitrogens with one attached hydrogen (secondary N) is 2. The van der Waals surface area contributed by atoms with Crippen molar-refractivity contribution in [1.29, 1.82) is 0 Å². The lowest BCUT2D eigenvalue weighted by Crippen LogP contribution is -2.28. The lowest BCUT2D eigenvalue weighted by molar-refractivity contribution is 0.292. The molecule has 0 bridgehead atoms. The number of aliphatic hydroxyl groups excluding tert-OH is 1. The summed E-state index contributed by atoms with van der Waals surface area (Å²) in [6, 6.07) is 11.5. The molecule has 0 fully saturated rings. The van der Waals surface area contributed by atoms with Gasteiger partial charge in [-0.05, 0) is 24.3 Å². The van der Waals surface area contributed by atoms with Crippen LogP contribution < -0.4 is 10.6 Å². The lowest BCUT2D eigenvalue weighted by atomic mass is 10.2. The topological polar surface area (TPSA) is 57.4 Å². The van der Waals surface area contributed by atoms with Crippen molar-refractivity contribution in [2.45, 2.75) is 6.54 Å². The van der Waals surface area contributed by atoms with Gasteiger partial charge in [0.05, 0.1) is 13.2 Å². The summed E-state index contributed by atoms with van der Waals surface area (Å²) in [6.07, 6.45) is 0. The minimum absolute atomic E-state index is 0. The van der Waals surface area contributed by atoms with Crippen molar-refractivity contribution in [2.24, 2.45) is 0 Å². The van der Waals surface area contributed by atoms with Crippen LogP contribution in [0.3, 0.4) is 0 Å². The van der Waals surface area contributed by atoms with Gasteiger partial charge < -0.3 is 20.2 Å². The van der Waals surface area contributed by atoms with Gasteiger partial charge in [-0.2, -0.15) is 0 Å². The largest absolute Gasteiger partial charge is 0.460 e. The van der Waals surface area contributed by atoms with E-state index in [1.165, 1.54) is 0 Å². The van der Waals surface area contributed by atoms with Crippen LogP contribution in [0.25, 0.3) is 11.3 Å². The van der Waals surface area contributed by atoms with E-state index in [1.54, 1.807) is 0 Å². The molecule has 0 saturated carbocycles. The lowest BCUT2D eigenvalue weighted by Gasteiger charge is -2.04. The molecule has 3 N–H and O–H groups in total. The maximum absolute atomic E-state index is 8.62. The predicted octanol–water partition coefficient (Wildman–Crippen LogP) is 3.12. The Morgan fingerprint density at radius 2 is 1.77 bits per heavy atom. The second-order valence-electron chi connectivity index (χ2n) is 4.43. The Morgan fingerprint density at radius 3 is 2.50 bits per heavy atom. The van der Waals surface area contributed by atoms with Crippen LogP contribution in [0.5, 0.6) is 0 Å². The van der Waals surface area contributed by atoms with Gasteiger partial charge in [0.1, 0.15) is 11.5 Å². The molecule has 1 aromatic heterocycles. The Balaban J connectivity index is 0.00000220. The van der Waals surface area contributed by atoms with Crippen LogP contribution in [-0.4, -0.2) is 31.3 Å². The fourth-order valence-electron chi connectivity index (χ4n) is 1.86. The first-order valence-electron chi connectivity index (χ1n) is 6.66. The van der Waals surface area contributed by atoms with E-state index in [0.29, 0.717) is 18.1 Å². The van der Waals surface area contributed by atoms with Gasteiger partial charge in [-0.15, -0.1) is 24.8 Å². The number of hydrogen-bond donors (Lipinski definition) is 3. The van der Waals surface area contributed by atoms with Crippen LogP contribution in [0.2, 0.25) is 5.02 Å². The summed E-state index contributed by atoms with van der Waals surface area (Å²) in [5.41, 5.74) is 0.980. The van der Waals surface area contributed by atoms with Crippen LogP contribution in [0.1, 0.15) is 5.76 Å². The molecular formula is C15H21Cl3N2O2. The Morgan fingerprint density at radius 1 is 1.00 bits per heavy atom. The quantitative estimate of drug-likeness (QED) is 0.628. The van der Waals surface area contributed by atoms with E-state index in [-0.39, 0.29) is 31.4 Å². The van der Waals surface area contributed by atoms with Crippen molar-refractivity contribution < 1.29 is 9.52 Å². The van der Waals surface area contributed by atoms with Gasteiger partial charge in [0.2, 0.25) is 0 Å². The number of benzene rings is 1. The standard InChI is InChI=1S/C15H19ClN2O2.2ClH/c16-13-3-1-2-12(10-13)15-5-4-14(20-15)11-18-7-6-17-8-9-19;;/h1-5,10,17-19H,6-9,11H2;2*1H. The van der Waals surface area contributed by atoms with Crippen LogP contribution >= 0.6 is 36.4 Å². The highest BCUT2D eigenvalue weighted by Crippen LogP contribution is 2.24. The van der Waals surface area contributed by atoms with Crippen molar-refractivity contribution in [2.75, 3.05) is 26.2 Å². The molecule has 0 radical (unpaired) electrons. The minimum atomic E-state index is 0. The number of hydrogen-bond acceptors (Lipinski definition) is 4. The molecule has 7 heteroatoms. The molecule has 0 unspecified atom stereocenters. The Labute approximate surface area is 148 Å². The van der Waals surface area contributed by atoms with Crippen LogP contribution in [0.15, 0.2) is 40.8 Å². The summed E-state index contributed by atoms with van der Waals surface area (Å²) < 4.78 is 5.77. The molecule has 2 aromatic rings. The molecule has 124 valence electrons. The zero-order valence-corrected chi connectivity index (χ0v) is 14.4. The summed E-state index contributed by atoms with van der Waals surface area (Å²) in [4.78, 5) is 0. The fraction of sp³-hybridized carbons (Fsp3) is 0.333. The SMILES string of the molecule is Cl.Cl.OCCNCCNCc1ccc(-c2cccc(Cl)c2)o1. The van der Waals surface area contributed by atoms with Crippen molar-refractivity contribution in [1.82, 2.24) is 10.6 Å². The first-order chi connectivity index (χ1) is 9.79. The molecule has 1 heterocycles. The second-order valence-corrected chi connectivity index (χ2v) is 4.86. The van der Waals surface area contributed by atoms with E-state index in [9.17, 15) is 0 Å². The van der Waals surface area contributed by atoms with Gasteiger partial charge in [-0.3, -0.25) is 0 Å². The highest BCUT2D eigenvalue weighted by atomic mass is 35.5. The summed E-state index contributed by atoms with van der Waals surface area (Å²) in [6.45, 7) is 3.12. The van der Waals surface area contributed by atoms with Crippen LogP contribution in [0.4, 0.5) is 0 Å². The fourth-order valence-corrected chi connectivity index (χ4v) is 2.05. The maximum atomic E-state index is 8.62. The van der Waals surface area contributed by atoms with Gasteiger partial charge >= 0.3 is 0 Å². The molecule has 4 nitrogen and oxygen atoms in total. The van der Waals surface area contributed by atoms with E-state index >= 15 is 0 Å². The zero-order valence-electron chi connectivity index (χ0n) is 12.0. The molecule has 0 aliphatic heterocycles. The molecule has 2 rings (SSSR count). The van der Waals surface area contributed by atoms with E-state index in [1.807, 2.05) is 36.4 Å². The average molecular weight is 368 g/mol.